The zero-order valence-corrected chi connectivity index (χ0v) is 16.8. The van der Waals surface area contributed by atoms with Crippen LogP contribution in [0.15, 0.2) is 17.0 Å². The molecule has 2 heterocycles. The summed E-state index contributed by atoms with van der Waals surface area (Å²) in [7, 11) is 4.35. The molecule has 8 nitrogen and oxygen atoms in total. The maximum Gasteiger partial charge on any atom is 0.325 e. The Balaban J connectivity index is 1.93. The van der Waals surface area contributed by atoms with Gasteiger partial charge in [0, 0.05) is 24.7 Å². The third-order valence-electron chi connectivity index (χ3n) is 4.65. The number of methoxy groups -OCH3 is 3. The SMILES string of the molecule is COC(=O)CN1C(=O)S/C(=C/c2cc(OC)c(N3CCCC3)cc2OC)C1=O. The van der Waals surface area contributed by atoms with E-state index in [1.807, 2.05) is 6.07 Å². The molecule has 0 aliphatic carbocycles. The summed E-state index contributed by atoms with van der Waals surface area (Å²) >= 11 is 0.775. The molecule has 0 spiro atoms. The summed E-state index contributed by atoms with van der Waals surface area (Å²) in [5.41, 5.74) is 1.55. The zero-order valence-electron chi connectivity index (χ0n) is 16.0. The van der Waals surface area contributed by atoms with E-state index in [-0.39, 0.29) is 4.91 Å². The molecule has 2 aliphatic heterocycles. The Bertz CT molecular complexity index is 832. The average Bonchev–Trinajstić information content (AvgIpc) is 3.32. The predicted molar refractivity (Wildman–Crippen MR) is 106 cm³/mol. The van der Waals surface area contributed by atoms with Crippen molar-refractivity contribution in [2.75, 3.05) is 45.9 Å². The van der Waals surface area contributed by atoms with Crippen LogP contribution >= 0.6 is 11.8 Å². The largest absolute Gasteiger partial charge is 0.496 e. The number of anilines is 1. The third kappa shape index (κ3) is 3.94. The van der Waals surface area contributed by atoms with Crippen LogP contribution in [-0.2, 0) is 14.3 Å². The molecule has 150 valence electrons. The van der Waals surface area contributed by atoms with Crippen molar-refractivity contribution in [2.45, 2.75) is 12.8 Å². The van der Waals surface area contributed by atoms with E-state index in [4.69, 9.17) is 9.47 Å². The predicted octanol–water partition coefficient (Wildman–Crippen LogP) is 2.51. The summed E-state index contributed by atoms with van der Waals surface area (Å²) in [6.07, 6.45) is 3.83. The highest BCUT2D eigenvalue weighted by atomic mass is 32.2. The monoisotopic (exact) mass is 406 g/mol. The van der Waals surface area contributed by atoms with Gasteiger partial charge in [-0.1, -0.05) is 0 Å². The van der Waals surface area contributed by atoms with Gasteiger partial charge in [-0.05, 0) is 36.7 Å². The summed E-state index contributed by atoms with van der Waals surface area (Å²) in [4.78, 5) is 39.4. The molecule has 0 radical (unpaired) electrons. The van der Waals surface area contributed by atoms with Crippen LogP contribution in [0.25, 0.3) is 6.08 Å². The number of rotatable bonds is 6. The molecular weight excluding hydrogens is 384 g/mol. The molecule has 0 atom stereocenters. The molecular formula is C19H22N2O6S. The van der Waals surface area contributed by atoms with Crippen molar-refractivity contribution >= 4 is 40.6 Å². The number of carbonyl (C=O) groups is 3. The minimum Gasteiger partial charge on any atom is -0.496 e. The number of hydrogen-bond acceptors (Lipinski definition) is 8. The van der Waals surface area contributed by atoms with Crippen molar-refractivity contribution in [3.8, 4) is 11.5 Å². The first kappa shape index (κ1) is 20.1. The summed E-state index contributed by atoms with van der Waals surface area (Å²) < 4.78 is 15.6. The van der Waals surface area contributed by atoms with Gasteiger partial charge in [0.15, 0.2) is 0 Å². The number of ether oxygens (including phenoxy) is 3. The highest BCUT2D eigenvalue weighted by Gasteiger charge is 2.36. The first-order valence-corrected chi connectivity index (χ1v) is 9.63. The quantitative estimate of drug-likeness (QED) is 0.526. The lowest BCUT2D eigenvalue weighted by Gasteiger charge is -2.22. The first-order valence-electron chi connectivity index (χ1n) is 8.81. The zero-order chi connectivity index (χ0) is 20.3. The second kappa shape index (κ2) is 8.55. The van der Waals surface area contributed by atoms with Crippen LogP contribution in [-0.4, -0.2) is 63.0 Å². The standard InChI is InChI=1S/C19H22N2O6S/c1-25-14-10-13(20-6-4-5-7-20)15(26-2)8-12(14)9-16-18(23)21(19(24)28-16)11-17(22)27-3/h8-10H,4-7,11H2,1-3H3/b16-9+. The Hall–Kier alpha value is -2.68. The van der Waals surface area contributed by atoms with Crippen molar-refractivity contribution in [3.05, 3.63) is 22.6 Å². The molecule has 0 aromatic heterocycles. The minimum absolute atomic E-state index is 0.211. The van der Waals surface area contributed by atoms with Gasteiger partial charge in [0.1, 0.15) is 18.0 Å². The van der Waals surface area contributed by atoms with Gasteiger partial charge in [-0.25, -0.2) is 0 Å². The molecule has 0 unspecified atom stereocenters. The van der Waals surface area contributed by atoms with Crippen molar-refractivity contribution in [2.24, 2.45) is 0 Å². The van der Waals surface area contributed by atoms with E-state index >= 15 is 0 Å². The van der Waals surface area contributed by atoms with Gasteiger partial charge in [0.25, 0.3) is 11.1 Å². The molecule has 2 saturated heterocycles. The van der Waals surface area contributed by atoms with Crippen LogP contribution in [0.2, 0.25) is 0 Å². The number of amides is 2. The molecule has 1 aromatic carbocycles. The van der Waals surface area contributed by atoms with Gasteiger partial charge in [-0.15, -0.1) is 0 Å². The fraction of sp³-hybridized carbons (Fsp3) is 0.421. The number of thioether (sulfide) groups is 1. The van der Waals surface area contributed by atoms with Crippen LogP contribution < -0.4 is 14.4 Å². The van der Waals surface area contributed by atoms with E-state index in [0.29, 0.717) is 17.1 Å². The van der Waals surface area contributed by atoms with Crippen LogP contribution in [0, 0.1) is 0 Å². The molecule has 28 heavy (non-hydrogen) atoms. The molecule has 2 amide bonds. The summed E-state index contributed by atoms with van der Waals surface area (Å²) in [5, 5.41) is -0.513. The van der Waals surface area contributed by atoms with E-state index in [1.54, 1.807) is 26.4 Å². The highest BCUT2D eigenvalue weighted by molar-refractivity contribution is 8.18. The number of esters is 1. The maximum atomic E-state index is 12.5. The van der Waals surface area contributed by atoms with E-state index in [0.717, 1.165) is 48.3 Å². The maximum absolute atomic E-state index is 12.5. The summed E-state index contributed by atoms with van der Waals surface area (Å²) in [6, 6.07) is 3.68. The Morgan fingerprint density at radius 1 is 1.11 bits per heavy atom. The van der Waals surface area contributed by atoms with Crippen molar-refractivity contribution in [1.29, 1.82) is 0 Å². The number of benzene rings is 1. The van der Waals surface area contributed by atoms with Crippen LogP contribution in [0.3, 0.4) is 0 Å². The molecule has 2 aliphatic rings. The average molecular weight is 406 g/mol. The Morgan fingerprint density at radius 2 is 1.79 bits per heavy atom. The van der Waals surface area contributed by atoms with Gasteiger partial charge >= 0.3 is 5.97 Å². The third-order valence-corrected chi connectivity index (χ3v) is 5.56. The van der Waals surface area contributed by atoms with Crippen molar-refractivity contribution < 1.29 is 28.6 Å². The highest BCUT2D eigenvalue weighted by Crippen LogP contribution is 2.40. The lowest BCUT2D eigenvalue weighted by molar-refractivity contribution is -0.143. The van der Waals surface area contributed by atoms with E-state index in [1.165, 1.54) is 7.11 Å². The second-order valence-corrected chi connectivity index (χ2v) is 7.30. The van der Waals surface area contributed by atoms with Crippen LogP contribution in [0.5, 0.6) is 11.5 Å². The molecule has 9 heteroatoms. The normalized spacial score (nSPS) is 18.2. The molecule has 2 fully saturated rings. The molecule has 0 saturated carbocycles. The number of carbonyl (C=O) groups excluding carboxylic acids is 3. The fourth-order valence-corrected chi connectivity index (χ4v) is 4.02. The van der Waals surface area contributed by atoms with Gasteiger partial charge in [0.05, 0.1) is 31.9 Å². The van der Waals surface area contributed by atoms with Gasteiger partial charge in [-0.3, -0.25) is 19.3 Å². The fourth-order valence-electron chi connectivity index (χ4n) is 3.19. The number of nitrogens with zero attached hydrogens (tertiary/aromatic N) is 2. The topological polar surface area (TPSA) is 85.4 Å². The van der Waals surface area contributed by atoms with Crippen LogP contribution in [0.1, 0.15) is 18.4 Å². The van der Waals surface area contributed by atoms with Crippen molar-refractivity contribution in [1.82, 2.24) is 4.90 Å². The molecule has 0 bridgehead atoms. The molecule has 0 N–H and O–H groups in total. The van der Waals surface area contributed by atoms with E-state index < -0.39 is 23.7 Å². The summed E-state index contributed by atoms with van der Waals surface area (Å²) in [5.74, 6) is 0.0491. The number of hydrogen-bond donors (Lipinski definition) is 0. The lowest BCUT2D eigenvalue weighted by atomic mass is 10.1. The van der Waals surface area contributed by atoms with Gasteiger partial charge in [-0.2, -0.15) is 0 Å². The minimum atomic E-state index is -0.655. The lowest BCUT2D eigenvalue weighted by Crippen LogP contribution is -2.34. The Labute approximate surface area is 167 Å². The smallest absolute Gasteiger partial charge is 0.325 e. The number of imide groups is 1. The van der Waals surface area contributed by atoms with E-state index in [9.17, 15) is 14.4 Å². The summed E-state index contributed by atoms with van der Waals surface area (Å²) in [6.45, 7) is 1.49. The Morgan fingerprint density at radius 3 is 2.39 bits per heavy atom. The molecule has 1 aromatic rings. The van der Waals surface area contributed by atoms with Gasteiger partial charge in [0.2, 0.25) is 0 Å². The van der Waals surface area contributed by atoms with Gasteiger partial charge < -0.3 is 19.1 Å². The molecule has 3 rings (SSSR count). The first-order chi connectivity index (χ1) is 13.5. The Kier molecular flexibility index (Phi) is 6.13. The van der Waals surface area contributed by atoms with Crippen molar-refractivity contribution in [3.63, 3.8) is 0 Å². The van der Waals surface area contributed by atoms with E-state index in [2.05, 4.69) is 9.64 Å². The second-order valence-electron chi connectivity index (χ2n) is 6.30. The van der Waals surface area contributed by atoms with Crippen LogP contribution in [0.4, 0.5) is 10.5 Å².